The average molecular weight is 186 g/mol. The van der Waals surface area contributed by atoms with Gasteiger partial charge in [-0.1, -0.05) is 34.6 Å². The van der Waals surface area contributed by atoms with Crippen molar-refractivity contribution in [2.24, 2.45) is 29.6 Å². The van der Waals surface area contributed by atoms with Gasteiger partial charge >= 0.3 is 0 Å². The van der Waals surface area contributed by atoms with Crippen LogP contribution >= 0.6 is 0 Å². The standard InChI is InChI=1S/C12H23F/c1-7(2)12(6,13)11-9(4)8(3)10(11)5/h7-11H,1-6H3. The largest absolute Gasteiger partial charge is 0.244 e. The number of halogens is 1. The molecule has 0 bridgehead atoms. The Hall–Kier alpha value is -0.0700. The highest BCUT2D eigenvalue weighted by Crippen LogP contribution is 2.53. The topological polar surface area (TPSA) is 0 Å². The summed E-state index contributed by atoms with van der Waals surface area (Å²) in [6.45, 7) is 12.4. The Labute approximate surface area is 81.9 Å². The number of hydrogen-bond acceptors (Lipinski definition) is 0. The zero-order valence-corrected chi connectivity index (χ0v) is 9.76. The fourth-order valence-corrected chi connectivity index (χ4v) is 2.88. The van der Waals surface area contributed by atoms with E-state index in [9.17, 15) is 4.39 Å². The van der Waals surface area contributed by atoms with Gasteiger partial charge in [-0.25, -0.2) is 4.39 Å². The first-order chi connectivity index (χ1) is 5.80. The summed E-state index contributed by atoms with van der Waals surface area (Å²) in [6.07, 6.45) is 0. The van der Waals surface area contributed by atoms with Crippen molar-refractivity contribution in [3.63, 3.8) is 0 Å². The first kappa shape index (κ1) is 11.0. The van der Waals surface area contributed by atoms with E-state index in [1.54, 1.807) is 6.92 Å². The van der Waals surface area contributed by atoms with Gasteiger partial charge in [-0.2, -0.15) is 0 Å². The molecule has 0 saturated heterocycles. The highest BCUT2D eigenvalue weighted by Gasteiger charge is 2.53. The average Bonchev–Trinajstić information content (AvgIpc) is 2.03. The Morgan fingerprint density at radius 1 is 1.00 bits per heavy atom. The Bertz CT molecular complexity index is 174. The molecule has 13 heavy (non-hydrogen) atoms. The summed E-state index contributed by atoms with van der Waals surface area (Å²) in [6, 6.07) is 0. The molecule has 0 aromatic rings. The number of alkyl halides is 1. The molecular formula is C12H23F. The predicted molar refractivity (Wildman–Crippen MR) is 55.3 cm³/mol. The molecule has 1 fully saturated rings. The van der Waals surface area contributed by atoms with Crippen molar-refractivity contribution in [2.75, 3.05) is 0 Å². The van der Waals surface area contributed by atoms with E-state index in [-0.39, 0.29) is 11.8 Å². The zero-order chi connectivity index (χ0) is 10.4. The molecule has 3 unspecified atom stereocenters. The molecule has 78 valence electrons. The summed E-state index contributed by atoms with van der Waals surface area (Å²) in [4.78, 5) is 0. The SMILES string of the molecule is CC1C(C)C(C(C)(F)C(C)C)C1C. The maximum absolute atomic E-state index is 14.3. The van der Waals surface area contributed by atoms with Gasteiger partial charge in [0, 0.05) is 0 Å². The summed E-state index contributed by atoms with van der Waals surface area (Å²) in [5, 5.41) is 0. The molecule has 1 heteroatoms. The van der Waals surface area contributed by atoms with Gasteiger partial charge in [-0.15, -0.1) is 0 Å². The number of hydrogen-bond donors (Lipinski definition) is 0. The fourth-order valence-electron chi connectivity index (χ4n) is 2.88. The molecule has 0 nitrogen and oxygen atoms in total. The van der Waals surface area contributed by atoms with E-state index in [4.69, 9.17) is 0 Å². The second kappa shape index (κ2) is 3.25. The van der Waals surface area contributed by atoms with E-state index in [0.717, 1.165) is 0 Å². The second-order valence-corrected chi connectivity index (χ2v) is 5.41. The smallest absolute Gasteiger partial charge is 0.113 e. The predicted octanol–water partition coefficient (Wildman–Crippen LogP) is 3.91. The molecule has 0 aromatic carbocycles. The fraction of sp³-hybridized carbons (Fsp3) is 1.00. The second-order valence-electron chi connectivity index (χ2n) is 5.41. The van der Waals surface area contributed by atoms with E-state index in [0.29, 0.717) is 17.8 Å². The van der Waals surface area contributed by atoms with Gasteiger partial charge in [-0.05, 0) is 36.5 Å². The summed E-state index contributed by atoms with van der Waals surface area (Å²) in [5.74, 6) is 2.19. The lowest BCUT2D eigenvalue weighted by molar-refractivity contribution is -0.110. The quantitative estimate of drug-likeness (QED) is 0.613. The molecular weight excluding hydrogens is 163 g/mol. The third-order valence-corrected chi connectivity index (χ3v) is 4.57. The van der Waals surface area contributed by atoms with Gasteiger partial charge in [0.05, 0.1) is 0 Å². The first-order valence-corrected chi connectivity index (χ1v) is 5.49. The Morgan fingerprint density at radius 3 is 1.69 bits per heavy atom. The van der Waals surface area contributed by atoms with Gasteiger partial charge < -0.3 is 0 Å². The van der Waals surface area contributed by atoms with Crippen LogP contribution in [0.2, 0.25) is 0 Å². The van der Waals surface area contributed by atoms with Crippen LogP contribution in [0.15, 0.2) is 0 Å². The van der Waals surface area contributed by atoms with Crippen molar-refractivity contribution in [2.45, 2.75) is 47.2 Å². The summed E-state index contributed by atoms with van der Waals surface area (Å²) < 4.78 is 14.3. The first-order valence-electron chi connectivity index (χ1n) is 5.49. The van der Waals surface area contributed by atoms with E-state index in [2.05, 4.69) is 20.8 Å². The third kappa shape index (κ3) is 1.51. The normalized spacial score (nSPS) is 44.3. The molecule has 0 heterocycles. The Balaban J connectivity index is 2.73. The van der Waals surface area contributed by atoms with Crippen molar-refractivity contribution < 1.29 is 4.39 Å². The minimum atomic E-state index is -0.981. The van der Waals surface area contributed by atoms with Crippen molar-refractivity contribution in [1.82, 2.24) is 0 Å². The van der Waals surface area contributed by atoms with Gasteiger partial charge in [0.1, 0.15) is 5.67 Å². The monoisotopic (exact) mass is 186 g/mol. The highest BCUT2D eigenvalue weighted by atomic mass is 19.1. The van der Waals surface area contributed by atoms with E-state index in [1.165, 1.54) is 0 Å². The van der Waals surface area contributed by atoms with E-state index < -0.39 is 5.67 Å². The van der Waals surface area contributed by atoms with Gasteiger partial charge in [0.25, 0.3) is 0 Å². The summed E-state index contributed by atoms with van der Waals surface area (Å²) >= 11 is 0. The van der Waals surface area contributed by atoms with Crippen LogP contribution in [0.4, 0.5) is 4.39 Å². The maximum atomic E-state index is 14.3. The van der Waals surface area contributed by atoms with Crippen LogP contribution in [0.3, 0.4) is 0 Å². The molecule has 0 aliphatic heterocycles. The molecule has 0 amide bonds. The van der Waals surface area contributed by atoms with Crippen LogP contribution in [0.1, 0.15) is 41.5 Å². The molecule has 1 aliphatic rings. The van der Waals surface area contributed by atoms with Crippen molar-refractivity contribution in [3.05, 3.63) is 0 Å². The van der Waals surface area contributed by atoms with Gasteiger partial charge in [-0.3, -0.25) is 0 Å². The summed E-state index contributed by atoms with van der Waals surface area (Å²) in [7, 11) is 0. The highest BCUT2D eigenvalue weighted by molar-refractivity contribution is 5.01. The molecule has 0 N–H and O–H groups in total. The molecule has 0 aromatic heterocycles. The number of rotatable bonds is 2. The zero-order valence-electron chi connectivity index (χ0n) is 9.76. The molecule has 1 rings (SSSR count). The van der Waals surface area contributed by atoms with Crippen molar-refractivity contribution >= 4 is 0 Å². The van der Waals surface area contributed by atoms with Gasteiger partial charge in [0.15, 0.2) is 0 Å². The van der Waals surface area contributed by atoms with Crippen LogP contribution in [-0.2, 0) is 0 Å². The molecule has 0 radical (unpaired) electrons. The van der Waals surface area contributed by atoms with Crippen LogP contribution in [0, 0.1) is 29.6 Å². The van der Waals surface area contributed by atoms with E-state index in [1.807, 2.05) is 13.8 Å². The van der Waals surface area contributed by atoms with Crippen molar-refractivity contribution in [3.8, 4) is 0 Å². The third-order valence-electron chi connectivity index (χ3n) is 4.57. The lowest BCUT2D eigenvalue weighted by atomic mass is 9.52. The minimum Gasteiger partial charge on any atom is -0.244 e. The maximum Gasteiger partial charge on any atom is 0.113 e. The molecule has 1 saturated carbocycles. The molecule has 0 spiro atoms. The van der Waals surface area contributed by atoms with Gasteiger partial charge in [0.2, 0.25) is 0 Å². The van der Waals surface area contributed by atoms with Crippen LogP contribution in [0.5, 0.6) is 0 Å². The summed E-state index contributed by atoms with van der Waals surface area (Å²) in [5.41, 5.74) is -0.981. The minimum absolute atomic E-state index is 0.134. The molecule has 1 aliphatic carbocycles. The Kier molecular flexibility index (Phi) is 2.75. The van der Waals surface area contributed by atoms with Crippen LogP contribution < -0.4 is 0 Å². The van der Waals surface area contributed by atoms with Crippen molar-refractivity contribution in [1.29, 1.82) is 0 Å². The molecule has 3 atom stereocenters. The lowest BCUT2D eigenvalue weighted by Crippen LogP contribution is -2.54. The van der Waals surface area contributed by atoms with E-state index >= 15 is 0 Å². The van der Waals surface area contributed by atoms with Crippen LogP contribution in [0.25, 0.3) is 0 Å². The van der Waals surface area contributed by atoms with Crippen LogP contribution in [-0.4, -0.2) is 5.67 Å². The Morgan fingerprint density at radius 2 is 1.38 bits per heavy atom. The lowest BCUT2D eigenvalue weighted by Gasteiger charge is -2.54.